The Morgan fingerprint density at radius 2 is 1.97 bits per heavy atom. The molecule has 0 aliphatic rings. The highest BCUT2D eigenvalue weighted by Crippen LogP contribution is 2.21. The molecule has 9 heteroatoms. The number of benzene rings is 1. The van der Waals surface area contributed by atoms with Crippen molar-refractivity contribution >= 4 is 34.6 Å². The van der Waals surface area contributed by atoms with Gasteiger partial charge in [-0.25, -0.2) is 9.97 Å². The van der Waals surface area contributed by atoms with Crippen molar-refractivity contribution in [3.8, 4) is 0 Å². The second-order valence-corrected chi connectivity index (χ2v) is 7.07. The number of aromatic nitrogens is 6. The molecule has 3 aromatic heterocycles. The van der Waals surface area contributed by atoms with Gasteiger partial charge in [0.1, 0.15) is 0 Å². The van der Waals surface area contributed by atoms with Crippen LogP contribution >= 0.6 is 0 Å². The number of fused-ring (bicyclic) bond motifs is 2. The van der Waals surface area contributed by atoms with Crippen LogP contribution < -0.4 is 11.1 Å². The number of rotatable bonds is 6. The summed E-state index contributed by atoms with van der Waals surface area (Å²) in [6.45, 7) is 6.74. The van der Waals surface area contributed by atoms with E-state index in [2.05, 4.69) is 36.9 Å². The Labute approximate surface area is 168 Å². The van der Waals surface area contributed by atoms with Gasteiger partial charge >= 0.3 is 0 Å². The van der Waals surface area contributed by atoms with Gasteiger partial charge in [0.05, 0.1) is 11.0 Å². The van der Waals surface area contributed by atoms with E-state index in [1.807, 2.05) is 38.1 Å². The van der Waals surface area contributed by atoms with Gasteiger partial charge in [0.15, 0.2) is 0 Å². The Morgan fingerprint density at radius 3 is 2.76 bits per heavy atom. The Hall–Kier alpha value is -3.49. The Balaban J connectivity index is 1.53. The van der Waals surface area contributed by atoms with Crippen LogP contribution in [0.15, 0.2) is 24.3 Å². The summed E-state index contributed by atoms with van der Waals surface area (Å²) in [6, 6.07) is 7.90. The number of aryl methyl sites for hydroxylation is 3. The zero-order valence-electron chi connectivity index (χ0n) is 16.8. The Morgan fingerprint density at radius 1 is 1.17 bits per heavy atom. The maximum absolute atomic E-state index is 12.7. The van der Waals surface area contributed by atoms with Gasteiger partial charge in [0.25, 0.3) is 5.78 Å². The van der Waals surface area contributed by atoms with E-state index in [9.17, 15) is 4.79 Å². The topological polar surface area (TPSA) is 116 Å². The van der Waals surface area contributed by atoms with E-state index in [1.54, 1.807) is 4.52 Å². The molecule has 4 aromatic rings. The van der Waals surface area contributed by atoms with E-state index in [-0.39, 0.29) is 11.9 Å². The lowest BCUT2D eigenvalue weighted by Gasteiger charge is -2.11. The van der Waals surface area contributed by atoms with Crippen LogP contribution in [-0.4, -0.2) is 35.0 Å². The average molecular weight is 392 g/mol. The van der Waals surface area contributed by atoms with Crippen molar-refractivity contribution in [3.63, 3.8) is 0 Å². The lowest BCUT2D eigenvalue weighted by Crippen LogP contribution is -2.17. The van der Waals surface area contributed by atoms with Gasteiger partial charge in [-0.05, 0) is 44.4 Å². The van der Waals surface area contributed by atoms with Gasteiger partial charge in [-0.2, -0.15) is 9.50 Å². The fourth-order valence-electron chi connectivity index (χ4n) is 3.63. The van der Waals surface area contributed by atoms with Crippen LogP contribution in [-0.2, 0) is 17.8 Å². The highest BCUT2D eigenvalue weighted by Gasteiger charge is 2.16. The van der Waals surface area contributed by atoms with Gasteiger partial charge < -0.3 is 10.3 Å². The number of imidazole rings is 1. The second kappa shape index (κ2) is 7.50. The van der Waals surface area contributed by atoms with Crippen LogP contribution in [0.5, 0.6) is 0 Å². The van der Waals surface area contributed by atoms with Crippen LogP contribution in [0.25, 0.3) is 16.8 Å². The summed E-state index contributed by atoms with van der Waals surface area (Å²) in [6.07, 6.45) is 1.81. The number of hydrogen-bond acceptors (Lipinski definition) is 6. The molecule has 29 heavy (non-hydrogen) atoms. The number of carbonyl (C=O) groups excluding carboxylic acids is 1. The molecule has 0 aliphatic carbocycles. The van der Waals surface area contributed by atoms with Gasteiger partial charge in [0, 0.05) is 24.4 Å². The SMILES string of the molecule is CCCn1c(NC(=O)CCc2c(C)nc3nc(N)nn3c2C)nc2ccccc21. The van der Waals surface area contributed by atoms with E-state index in [1.165, 1.54) is 0 Å². The van der Waals surface area contributed by atoms with Crippen molar-refractivity contribution in [2.24, 2.45) is 0 Å². The Bertz CT molecular complexity index is 1210. The third kappa shape index (κ3) is 3.51. The first-order valence-corrected chi connectivity index (χ1v) is 9.71. The predicted molar refractivity (Wildman–Crippen MR) is 112 cm³/mol. The van der Waals surface area contributed by atoms with Gasteiger partial charge in [0.2, 0.25) is 17.8 Å². The second-order valence-electron chi connectivity index (χ2n) is 7.07. The van der Waals surface area contributed by atoms with E-state index in [4.69, 9.17) is 5.73 Å². The molecule has 3 N–H and O–H groups in total. The monoisotopic (exact) mass is 392 g/mol. The molecule has 0 saturated heterocycles. The van der Waals surface area contributed by atoms with E-state index >= 15 is 0 Å². The normalized spacial score (nSPS) is 11.4. The molecular formula is C20H24N8O. The minimum atomic E-state index is -0.0883. The van der Waals surface area contributed by atoms with Crippen molar-refractivity contribution < 1.29 is 4.79 Å². The largest absolute Gasteiger partial charge is 0.366 e. The highest BCUT2D eigenvalue weighted by atomic mass is 16.1. The van der Waals surface area contributed by atoms with E-state index < -0.39 is 0 Å². The van der Waals surface area contributed by atoms with Crippen molar-refractivity contribution in [2.75, 3.05) is 11.1 Å². The van der Waals surface area contributed by atoms with E-state index in [0.717, 1.165) is 41.0 Å². The first-order chi connectivity index (χ1) is 14.0. The number of anilines is 2. The number of nitrogens with zero attached hydrogens (tertiary/aromatic N) is 6. The molecule has 0 bridgehead atoms. The highest BCUT2D eigenvalue weighted by molar-refractivity contribution is 5.91. The van der Waals surface area contributed by atoms with Crippen molar-refractivity contribution in [1.29, 1.82) is 0 Å². The smallest absolute Gasteiger partial charge is 0.254 e. The van der Waals surface area contributed by atoms with Crippen molar-refractivity contribution in [2.45, 2.75) is 46.6 Å². The maximum atomic E-state index is 12.7. The number of para-hydroxylation sites is 2. The predicted octanol–water partition coefficient (Wildman–Crippen LogP) is 2.65. The third-order valence-electron chi connectivity index (χ3n) is 5.02. The zero-order valence-corrected chi connectivity index (χ0v) is 16.8. The molecule has 4 rings (SSSR count). The molecule has 0 spiro atoms. The van der Waals surface area contributed by atoms with Gasteiger partial charge in [-0.3, -0.25) is 10.1 Å². The van der Waals surface area contributed by atoms with Crippen LogP contribution in [0.2, 0.25) is 0 Å². The number of hydrogen-bond donors (Lipinski definition) is 2. The van der Waals surface area contributed by atoms with Crippen LogP contribution in [0.1, 0.15) is 36.7 Å². The first kappa shape index (κ1) is 18.9. The number of carbonyl (C=O) groups is 1. The number of nitrogens with one attached hydrogen (secondary N) is 1. The zero-order chi connectivity index (χ0) is 20.5. The molecule has 0 unspecified atom stereocenters. The number of amides is 1. The summed E-state index contributed by atoms with van der Waals surface area (Å²) in [4.78, 5) is 25.8. The van der Waals surface area contributed by atoms with Gasteiger partial charge in [-0.1, -0.05) is 19.1 Å². The maximum Gasteiger partial charge on any atom is 0.254 e. The standard InChI is InChI=1S/C20H24N8O/c1-4-11-27-16-8-6-5-7-15(16)23-19(27)24-17(29)10-9-14-12(2)22-20-25-18(21)26-28(20)13(14)3/h5-8H,4,9-11H2,1-3H3,(H2,21,26)(H,23,24,29). The lowest BCUT2D eigenvalue weighted by molar-refractivity contribution is -0.116. The molecule has 0 aliphatic heterocycles. The molecule has 0 atom stereocenters. The molecular weight excluding hydrogens is 368 g/mol. The molecule has 0 saturated carbocycles. The molecule has 3 heterocycles. The quantitative estimate of drug-likeness (QED) is 0.521. The molecule has 1 amide bonds. The van der Waals surface area contributed by atoms with Crippen molar-refractivity contribution in [1.82, 2.24) is 29.1 Å². The Kier molecular flexibility index (Phi) is 4.87. The summed E-state index contributed by atoms with van der Waals surface area (Å²) >= 11 is 0. The summed E-state index contributed by atoms with van der Waals surface area (Å²) in [5.41, 5.74) is 10.3. The molecule has 0 fully saturated rings. The summed E-state index contributed by atoms with van der Waals surface area (Å²) < 4.78 is 3.67. The minimum Gasteiger partial charge on any atom is -0.366 e. The fourth-order valence-corrected chi connectivity index (χ4v) is 3.63. The molecule has 9 nitrogen and oxygen atoms in total. The summed E-state index contributed by atoms with van der Waals surface area (Å²) in [5.74, 6) is 1.16. The minimum absolute atomic E-state index is 0.0883. The van der Waals surface area contributed by atoms with Crippen LogP contribution in [0.3, 0.4) is 0 Å². The number of nitrogens with two attached hydrogens (primary N) is 1. The van der Waals surface area contributed by atoms with Gasteiger partial charge in [-0.15, -0.1) is 5.10 Å². The summed E-state index contributed by atoms with van der Waals surface area (Å²) in [5, 5.41) is 7.15. The van der Waals surface area contributed by atoms with Crippen molar-refractivity contribution in [3.05, 3.63) is 41.2 Å². The van der Waals surface area contributed by atoms with E-state index in [0.29, 0.717) is 24.6 Å². The van der Waals surface area contributed by atoms with Crippen LogP contribution in [0, 0.1) is 13.8 Å². The van der Waals surface area contributed by atoms with Crippen LogP contribution in [0.4, 0.5) is 11.9 Å². The third-order valence-corrected chi connectivity index (χ3v) is 5.02. The molecule has 150 valence electrons. The fraction of sp³-hybridized carbons (Fsp3) is 0.350. The molecule has 0 radical (unpaired) electrons. The average Bonchev–Trinajstić information content (AvgIpc) is 3.22. The molecule has 1 aromatic carbocycles. The lowest BCUT2D eigenvalue weighted by atomic mass is 10.1. The summed E-state index contributed by atoms with van der Waals surface area (Å²) in [7, 11) is 0. The number of nitrogen functional groups attached to an aromatic ring is 1. The first-order valence-electron chi connectivity index (χ1n) is 9.71.